The highest BCUT2D eigenvalue weighted by molar-refractivity contribution is 5.30. The molecule has 0 radical (unpaired) electrons. The van der Waals surface area contributed by atoms with Gasteiger partial charge in [-0.25, -0.2) is 0 Å². The molecule has 0 saturated heterocycles. The van der Waals surface area contributed by atoms with Gasteiger partial charge in [0.15, 0.2) is 0 Å². The molecule has 0 aromatic heterocycles. The Morgan fingerprint density at radius 1 is 1.40 bits per heavy atom. The highest BCUT2D eigenvalue weighted by Gasteiger charge is 2.13. The van der Waals surface area contributed by atoms with Crippen LogP contribution < -0.4 is 10.5 Å². The lowest BCUT2D eigenvalue weighted by molar-refractivity contribution is -0.0499. The predicted octanol–water partition coefficient (Wildman–Crippen LogP) is 1.67. The van der Waals surface area contributed by atoms with Crippen LogP contribution in [0.2, 0.25) is 0 Å². The van der Waals surface area contributed by atoms with E-state index >= 15 is 0 Å². The van der Waals surface area contributed by atoms with Gasteiger partial charge in [0.05, 0.1) is 6.10 Å². The van der Waals surface area contributed by atoms with Crippen molar-refractivity contribution < 1.29 is 18.6 Å². The molecule has 0 bridgehead atoms. The molecule has 1 aromatic carbocycles. The molecule has 0 aliphatic heterocycles. The van der Waals surface area contributed by atoms with Crippen LogP contribution in [0, 0.1) is 0 Å². The van der Waals surface area contributed by atoms with Crippen molar-refractivity contribution in [2.45, 2.75) is 25.7 Å². The van der Waals surface area contributed by atoms with Gasteiger partial charge in [0.1, 0.15) is 5.75 Å². The Labute approximate surface area is 86.5 Å². The number of aliphatic hydroxyl groups is 1. The van der Waals surface area contributed by atoms with Crippen molar-refractivity contribution in [1.29, 1.82) is 0 Å². The number of hydrogen-bond acceptors (Lipinski definition) is 3. The number of aliphatic hydroxyl groups excluding tert-OH is 1. The summed E-state index contributed by atoms with van der Waals surface area (Å²) in [6.07, 6.45) is -0.883. The Kier molecular flexibility index (Phi) is 3.99. The number of alkyl halides is 2. The first-order valence-electron chi connectivity index (χ1n) is 4.49. The van der Waals surface area contributed by atoms with Gasteiger partial charge in [-0.05, 0) is 24.6 Å². The highest BCUT2D eigenvalue weighted by Crippen LogP contribution is 2.22. The Bertz CT molecular complexity index is 318. The maximum atomic E-state index is 11.9. The fourth-order valence-corrected chi connectivity index (χ4v) is 1.18. The van der Waals surface area contributed by atoms with Gasteiger partial charge in [-0.3, -0.25) is 0 Å². The summed E-state index contributed by atoms with van der Waals surface area (Å²) in [5.74, 6) is 0.0159. The number of ether oxygens (including phenoxy) is 1. The Balaban J connectivity index is 2.82. The van der Waals surface area contributed by atoms with Crippen LogP contribution in [-0.2, 0) is 0 Å². The number of hydrogen-bond donors (Lipinski definition) is 2. The first kappa shape index (κ1) is 11.9. The predicted molar refractivity (Wildman–Crippen MR) is 51.7 cm³/mol. The molecule has 0 heterocycles. The zero-order valence-electron chi connectivity index (χ0n) is 8.23. The zero-order valence-corrected chi connectivity index (χ0v) is 8.23. The topological polar surface area (TPSA) is 55.5 Å². The first-order chi connectivity index (χ1) is 7.00. The third kappa shape index (κ3) is 3.45. The second-order valence-electron chi connectivity index (χ2n) is 3.25. The van der Waals surface area contributed by atoms with E-state index in [1.807, 2.05) is 0 Å². The summed E-state index contributed by atoms with van der Waals surface area (Å²) in [5, 5.41) is 9.59. The summed E-state index contributed by atoms with van der Waals surface area (Å²) in [5.41, 5.74) is 5.94. The van der Waals surface area contributed by atoms with Crippen LogP contribution in [0.4, 0.5) is 8.78 Å². The van der Waals surface area contributed by atoms with Crippen LogP contribution in [-0.4, -0.2) is 17.8 Å². The van der Waals surface area contributed by atoms with E-state index in [1.165, 1.54) is 18.2 Å². The Morgan fingerprint density at radius 2 is 2.07 bits per heavy atom. The van der Waals surface area contributed by atoms with Crippen LogP contribution in [0.15, 0.2) is 24.3 Å². The average Bonchev–Trinajstić information content (AvgIpc) is 2.16. The van der Waals surface area contributed by atoms with Gasteiger partial charge >= 0.3 is 6.61 Å². The molecule has 0 unspecified atom stereocenters. The normalized spacial score (nSPS) is 15.1. The zero-order chi connectivity index (χ0) is 11.4. The van der Waals surface area contributed by atoms with Gasteiger partial charge in [-0.2, -0.15) is 8.78 Å². The maximum Gasteiger partial charge on any atom is 0.387 e. The largest absolute Gasteiger partial charge is 0.435 e. The fraction of sp³-hybridized carbons (Fsp3) is 0.400. The summed E-state index contributed by atoms with van der Waals surface area (Å²) in [4.78, 5) is 0. The molecule has 0 aliphatic rings. The van der Waals surface area contributed by atoms with Crippen LogP contribution in [0.25, 0.3) is 0 Å². The van der Waals surface area contributed by atoms with E-state index in [1.54, 1.807) is 13.0 Å². The van der Waals surface area contributed by atoms with Crippen molar-refractivity contribution in [3.63, 3.8) is 0 Å². The van der Waals surface area contributed by atoms with E-state index in [2.05, 4.69) is 4.74 Å². The van der Waals surface area contributed by atoms with Crippen molar-refractivity contribution in [3.8, 4) is 5.75 Å². The molecule has 0 aliphatic carbocycles. The van der Waals surface area contributed by atoms with Gasteiger partial charge in [0, 0.05) is 6.04 Å². The quantitative estimate of drug-likeness (QED) is 0.806. The van der Waals surface area contributed by atoms with Crippen LogP contribution in [0.1, 0.15) is 18.6 Å². The fourth-order valence-electron chi connectivity index (χ4n) is 1.18. The number of rotatable bonds is 4. The molecule has 1 rings (SSSR count). The minimum absolute atomic E-state index is 0.0159. The minimum Gasteiger partial charge on any atom is -0.435 e. The smallest absolute Gasteiger partial charge is 0.387 e. The molecular weight excluding hydrogens is 204 g/mol. The lowest BCUT2D eigenvalue weighted by Crippen LogP contribution is -2.24. The molecule has 0 amide bonds. The number of benzene rings is 1. The van der Waals surface area contributed by atoms with Crippen LogP contribution in [0.3, 0.4) is 0 Å². The summed E-state index contributed by atoms with van der Waals surface area (Å²) >= 11 is 0. The summed E-state index contributed by atoms with van der Waals surface area (Å²) < 4.78 is 28.0. The minimum atomic E-state index is -2.87. The van der Waals surface area contributed by atoms with E-state index in [0.29, 0.717) is 5.56 Å². The van der Waals surface area contributed by atoms with Gasteiger partial charge in [-0.15, -0.1) is 0 Å². The number of halogens is 2. The lowest BCUT2D eigenvalue weighted by Gasteiger charge is -2.15. The van der Waals surface area contributed by atoms with Crippen molar-refractivity contribution >= 4 is 0 Å². The molecule has 0 fully saturated rings. The van der Waals surface area contributed by atoms with Gasteiger partial charge in [0.2, 0.25) is 0 Å². The molecule has 1 aromatic rings. The molecule has 0 saturated carbocycles. The standard InChI is InChI=1S/C10H13F2NO2/c1-6(13)9(14)7-3-2-4-8(5-7)15-10(11)12/h2-6,9-10,14H,13H2,1H3/t6-,9-/m0/s1. The SMILES string of the molecule is C[C@H](N)[C@H](O)c1cccc(OC(F)F)c1. The van der Waals surface area contributed by atoms with Gasteiger partial charge in [0.25, 0.3) is 0 Å². The maximum absolute atomic E-state index is 11.9. The van der Waals surface area contributed by atoms with E-state index in [9.17, 15) is 13.9 Å². The van der Waals surface area contributed by atoms with E-state index < -0.39 is 18.8 Å². The van der Waals surface area contributed by atoms with E-state index in [-0.39, 0.29) is 5.75 Å². The first-order valence-corrected chi connectivity index (χ1v) is 4.49. The monoisotopic (exact) mass is 217 g/mol. The molecule has 2 atom stereocenters. The Morgan fingerprint density at radius 3 is 2.60 bits per heavy atom. The summed E-state index contributed by atoms with van der Waals surface area (Å²) in [6, 6.07) is 5.40. The molecular formula is C10H13F2NO2. The molecule has 3 N–H and O–H groups in total. The Hall–Kier alpha value is -1.20. The lowest BCUT2D eigenvalue weighted by atomic mass is 10.0. The van der Waals surface area contributed by atoms with Gasteiger partial charge in [-0.1, -0.05) is 12.1 Å². The average molecular weight is 217 g/mol. The molecule has 3 nitrogen and oxygen atoms in total. The van der Waals surface area contributed by atoms with Crippen molar-refractivity contribution in [3.05, 3.63) is 29.8 Å². The van der Waals surface area contributed by atoms with Crippen molar-refractivity contribution in [1.82, 2.24) is 0 Å². The second kappa shape index (κ2) is 5.04. The molecule has 15 heavy (non-hydrogen) atoms. The van der Waals surface area contributed by atoms with E-state index in [4.69, 9.17) is 5.73 Å². The molecule has 84 valence electrons. The van der Waals surface area contributed by atoms with Crippen LogP contribution >= 0.6 is 0 Å². The van der Waals surface area contributed by atoms with Crippen molar-refractivity contribution in [2.24, 2.45) is 5.73 Å². The van der Waals surface area contributed by atoms with E-state index in [0.717, 1.165) is 0 Å². The molecule has 5 heteroatoms. The van der Waals surface area contributed by atoms with Crippen LogP contribution in [0.5, 0.6) is 5.75 Å². The summed E-state index contributed by atoms with van der Waals surface area (Å²) in [7, 11) is 0. The highest BCUT2D eigenvalue weighted by atomic mass is 19.3. The number of nitrogens with two attached hydrogens (primary N) is 1. The van der Waals surface area contributed by atoms with Crippen molar-refractivity contribution in [2.75, 3.05) is 0 Å². The van der Waals surface area contributed by atoms with Gasteiger partial charge < -0.3 is 15.6 Å². The second-order valence-corrected chi connectivity index (χ2v) is 3.25. The summed E-state index contributed by atoms with van der Waals surface area (Å²) in [6.45, 7) is -1.24. The molecule has 0 spiro atoms. The third-order valence-electron chi connectivity index (χ3n) is 1.92. The third-order valence-corrected chi connectivity index (χ3v) is 1.92.